The average Bonchev–Trinajstić information content (AvgIpc) is 3.01. The van der Waals surface area contributed by atoms with E-state index in [4.69, 9.17) is 34.7 Å². The van der Waals surface area contributed by atoms with Gasteiger partial charge in [-0.15, -0.1) is 0 Å². The van der Waals surface area contributed by atoms with Crippen molar-refractivity contribution in [2.75, 3.05) is 11.5 Å². The fourth-order valence-corrected chi connectivity index (χ4v) is 5.66. The first-order valence-corrected chi connectivity index (χ1v) is 11.9. The molecule has 0 amide bonds. The third-order valence-corrected chi connectivity index (χ3v) is 7.57. The SMILES string of the molecule is Nc1ccc(C2(c3ccc(N)c(Cl)c3)c3cc(Br)ccc3-c3ccc(Br)cc32)cc1Cl. The Morgan fingerprint density at radius 3 is 1.39 bits per heavy atom. The molecule has 5 rings (SSSR count). The molecular weight excluding hydrogens is 559 g/mol. The van der Waals surface area contributed by atoms with Crippen molar-refractivity contribution in [3.63, 3.8) is 0 Å². The van der Waals surface area contributed by atoms with Gasteiger partial charge >= 0.3 is 0 Å². The van der Waals surface area contributed by atoms with Crippen LogP contribution in [-0.2, 0) is 5.41 Å². The van der Waals surface area contributed by atoms with Crippen molar-refractivity contribution in [3.8, 4) is 11.1 Å². The fourth-order valence-electron chi connectivity index (χ4n) is 4.58. The van der Waals surface area contributed by atoms with Crippen LogP contribution in [0.3, 0.4) is 0 Å². The van der Waals surface area contributed by atoms with Crippen molar-refractivity contribution in [2.24, 2.45) is 0 Å². The monoisotopic (exact) mass is 572 g/mol. The van der Waals surface area contributed by atoms with Gasteiger partial charge in [-0.1, -0.05) is 79.3 Å². The van der Waals surface area contributed by atoms with Gasteiger partial charge in [0.15, 0.2) is 0 Å². The maximum atomic E-state index is 6.53. The third kappa shape index (κ3) is 3.12. The number of hydrogen-bond acceptors (Lipinski definition) is 2. The molecule has 4 aromatic carbocycles. The minimum absolute atomic E-state index is 0.512. The molecule has 154 valence electrons. The lowest BCUT2D eigenvalue weighted by molar-refractivity contribution is 0.768. The first-order valence-electron chi connectivity index (χ1n) is 9.54. The highest BCUT2D eigenvalue weighted by atomic mass is 79.9. The van der Waals surface area contributed by atoms with Crippen LogP contribution in [-0.4, -0.2) is 0 Å². The van der Waals surface area contributed by atoms with Crippen molar-refractivity contribution in [3.05, 3.63) is 114 Å². The number of halogens is 4. The molecule has 4 aromatic rings. The molecule has 0 saturated carbocycles. The minimum Gasteiger partial charge on any atom is -0.398 e. The highest BCUT2D eigenvalue weighted by molar-refractivity contribution is 9.10. The second-order valence-corrected chi connectivity index (χ2v) is 10.2. The standard InChI is InChI=1S/C25H16Br2Cl2N2/c26-15-3-5-17-18-6-4-16(27)12-20(18)25(19(17)11-15,13-1-7-23(30)21(28)9-13)14-2-8-24(31)22(29)10-14/h1-12H,30-31H2. The van der Waals surface area contributed by atoms with Crippen LogP contribution in [0, 0.1) is 0 Å². The zero-order valence-corrected chi connectivity index (χ0v) is 20.8. The second kappa shape index (κ2) is 7.56. The van der Waals surface area contributed by atoms with Gasteiger partial charge in [-0.3, -0.25) is 0 Å². The largest absolute Gasteiger partial charge is 0.398 e. The summed E-state index contributed by atoms with van der Waals surface area (Å²) in [4.78, 5) is 0. The molecule has 6 heteroatoms. The highest BCUT2D eigenvalue weighted by Gasteiger charge is 2.46. The van der Waals surface area contributed by atoms with Gasteiger partial charge in [0.2, 0.25) is 0 Å². The lowest BCUT2D eigenvalue weighted by Crippen LogP contribution is -2.29. The highest BCUT2D eigenvalue weighted by Crippen LogP contribution is 2.57. The number of rotatable bonds is 2. The number of nitrogens with two attached hydrogens (primary N) is 2. The van der Waals surface area contributed by atoms with E-state index in [2.05, 4.69) is 68.3 Å². The Bertz CT molecular complexity index is 1260. The van der Waals surface area contributed by atoms with Crippen LogP contribution >= 0.6 is 55.1 Å². The Labute approximate surface area is 207 Å². The first kappa shape index (κ1) is 20.9. The maximum absolute atomic E-state index is 6.53. The van der Waals surface area contributed by atoms with Gasteiger partial charge in [-0.05, 0) is 81.9 Å². The zero-order valence-electron chi connectivity index (χ0n) is 16.1. The van der Waals surface area contributed by atoms with Crippen LogP contribution in [0.2, 0.25) is 10.0 Å². The van der Waals surface area contributed by atoms with Gasteiger partial charge in [0.1, 0.15) is 0 Å². The van der Waals surface area contributed by atoms with Gasteiger partial charge in [0, 0.05) is 8.95 Å². The molecule has 4 N–H and O–H groups in total. The predicted molar refractivity (Wildman–Crippen MR) is 138 cm³/mol. The summed E-state index contributed by atoms with van der Waals surface area (Å²) in [5.41, 5.74) is 19.2. The van der Waals surface area contributed by atoms with E-state index in [0.29, 0.717) is 21.4 Å². The summed E-state index contributed by atoms with van der Waals surface area (Å²) in [5, 5.41) is 1.02. The molecule has 0 fully saturated rings. The Balaban J connectivity index is 2.00. The summed E-state index contributed by atoms with van der Waals surface area (Å²) < 4.78 is 1.98. The molecular formula is C25H16Br2Cl2N2. The molecule has 0 aromatic heterocycles. The summed E-state index contributed by atoms with van der Waals surface area (Å²) in [6.07, 6.45) is 0. The average molecular weight is 575 g/mol. The number of benzene rings is 4. The quantitative estimate of drug-likeness (QED) is 0.210. The zero-order chi connectivity index (χ0) is 21.9. The summed E-state index contributed by atoms with van der Waals surface area (Å²) in [6, 6.07) is 24.4. The van der Waals surface area contributed by atoms with Crippen LogP contribution < -0.4 is 11.5 Å². The molecule has 0 heterocycles. The molecule has 0 bridgehead atoms. The molecule has 0 atom stereocenters. The molecule has 2 nitrogen and oxygen atoms in total. The smallest absolute Gasteiger partial charge is 0.0715 e. The van der Waals surface area contributed by atoms with Crippen LogP contribution in [0.5, 0.6) is 0 Å². The van der Waals surface area contributed by atoms with Crippen molar-refractivity contribution in [2.45, 2.75) is 5.41 Å². The predicted octanol–water partition coefficient (Wildman–Crippen LogP) is 8.05. The number of fused-ring (bicyclic) bond motifs is 3. The Morgan fingerprint density at radius 1 is 0.581 bits per heavy atom. The van der Waals surface area contributed by atoms with Gasteiger partial charge < -0.3 is 11.5 Å². The molecule has 1 aliphatic rings. The van der Waals surface area contributed by atoms with E-state index in [9.17, 15) is 0 Å². The number of nitrogen functional groups attached to an aromatic ring is 2. The van der Waals surface area contributed by atoms with E-state index < -0.39 is 5.41 Å². The second-order valence-electron chi connectivity index (χ2n) is 7.60. The van der Waals surface area contributed by atoms with Crippen LogP contribution in [0.25, 0.3) is 11.1 Å². The van der Waals surface area contributed by atoms with Gasteiger partial charge in [0.05, 0.1) is 26.8 Å². The molecule has 0 saturated heterocycles. The van der Waals surface area contributed by atoms with Crippen molar-refractivity contribution in [1.82, 2.24) is 0 Å². The Morgan fingerprint density at radius 2 is 1.00 bits per heavy atom. The van der Waals surface area contributed by atoms with Gasteiger partial charge in [-0.2, -0.15) is 0 Å². The summed E-state index contributed by atoms with van der Waals surface area (Å²) in [7, 11) is 0. The van der Waals surface area contributed by atoms with Crippen LogP contribution in [0.1, 0.15) is 22.3 Å². The Kier molecular flexibility index (Phi) is 5.10. The van der Waals surface area contributed by atoms with E-state index in [1.165, 1.54) is 0 Å². The first-order chi connectivity index (χ1) is 14.8. The molecule has 0 unspecified atom stereocenters. The lowest BCUT2D eigenvalue weighted by atomic mass is 9.67. The van der Waals surface area contributed by atoms with E-state index in [1.807, 2.05) is 36.4 Å². The van der Waals surface area contributed by atoms with E-state index in [-0.39, 0.29) is 0 Å². The van der Waals surface area contributed by atoms with Crippen molar-refractivity contribution >= 4 is 66.4 Å². The molecule has 0 aliphatic heterocycles. The lowest BCUT2D eigenvalue weighted by Gasteiger charge is -2.34. The summed E-state index contributed by atoms with van der Waals surface area (Å²) in [6.45, 7) is 0. The molecule has 0 radical (unpaired) electrons. The van der Waals surface area contributed by atoms with Crippen LogP contribution in [0.15, 0.2) is 81.7 Å². The molecule has 1 aliphatic carbocycles. The van der Waals surface area contributed by atoms with E-state index in [1.54, 1.807) is 0 Å². The van der Waals surface area contributed by atoms with Crippen LogP contribution in [0.4, 0.5) is 11.4 Å². The van der Waals surface area contributed by atoms with E-state index >= 15 is 0 Å². The number of anilines is 2. The normalized spacial score (nSPS) is 13.7. The third-order valence-electron chi connectivity index (χ3n) is 5.93. The summed E-state index contributed by atoms with van der Waals surface area (Å²) >= 11 is 20.4. The van der Waals surface area contributed by atoms with Crippen molar-refractivity contribution in [1.29, 1.82) is 0 Å². The summed E-state index contributed by atoms with van der Waals surface area (Å²) in [5.74, 6) is 0. The molecule has 0 spiro atoms. The minimum atomic E-state index is -0.646. The van der Waals surface area contributed by atoms with Crippen molar-refractivity contribution < 1.29 is 0 Å². The number of hydrogen-bond donors (Lipinski definition) is 2. The van der Waals surface area contributed by atoms with E-state index in [0.717, 1.165) is 42.3 Å². The molecule has 31 heavy (non-hydrogen) atoms. The maximum Gasteiger partial charge on any atom is 0.0715 e. The Hall–Kier alpha value is -1.98. The fraction of sp³-hybridized carbons (Fsp3) is 0.0400. The topological polar surface area (TPSA) is 52.0 Å². The van der Waals surface area contributed by atoms with Gasteiger partial charge in [0.25, 0.3) is 0 Å². The van der Waals surface area contributed by atoms with Gasteiger partial charge in [-0.25, -0.2) is 0 Å².